The van der Waals surface area contributed by atoms with Gasteiger partial charge in [-0.1, -0.05) is 65.2 Å². The highest BCUT2D eigenvalue weighted by Gasteiger charge is 2.38. The van der Waals surface area contributed by atoms with E-state index in [0.29, 0.717) is 17.2 Å². The number of carbonyl (C=O) groups excluding carboxylic acids is 1. The van der Waals surface area contributed by atoms with Crippen molar-refractivity contribution in [3.8, 4) is 5.69 Å². The molecule has 0 aliphatic heterocycles. The molecule has 0 saturated heterocycles. The molecule has 0 bridgehead atoms. The van der Waals surface area contributed by atoms with E-state index in [2.05, 4.69) is 31.0 Å². The fourth-order valence-electron chi connectivity index (χ4n) is 6.38. The van der Waals surface area contributed by atoms with E-state index in [1.807, 2.05) is 0 Å². The number of carbonyl (C=O) groups is 1. The number of nitrogens with one attached hydrogen (secondary N) is 1. The monoisotopic (exact) mass is 642 g/mol. The number of nitrogens with zero attached hydrogens (tertiary/aromatic N) is 2. The predicted molar refractivity (Wildman–Crippen MR) is 178 cm³/mol. The zero-order chi connectivity index (χ0) is 33.4. The molecule has 1 amide bonds. The Bertz CT molecular complexity index is 1450. The number of benzene rings is 2. The number of amides is 1. The first-order valence-electron chi connectivity index (χ1n) is 17.0. The number of halogens is 4. The molecule has 252 valence electrons. The Morgan fingerprint density at radius 2 is 1.83 bits per heavy atom. The lowest BCUT2D eigenvalue weighted by Gasteiger charge is -2.33. The molecule has 5 nitrogen and oxygen atoms in total. The average Bonchev–Trinajstić information content (AvgIpc) is 3.77. The zero-order valence-corrected chi connectivity index (χ0v) is 27.7. The van der Waals surface area contributed by atoms with Gasteiger partial charge in [-0.3, -0.25) is 9.69 Å². The summed E-state index contributed by atoms with van der Waals surface area (Å²) < 4.78 is 59.2. The van der Waals surface area contributed by atoms with Crippen LogP contribution in [0.1, 0.15) is 118 Å². The van der Waals surface area contributed by atoms with Crippen molar-refractivity contribution in [2.45, 2.75) is 104 Å². The van der Waals surface area contributed by atoms with Crippen LogP contribution in [0.2, 0.25) is 0 Å². The number of hydrogen-bond donors (Lipinski definition) is 2. The standard InChI is InChI=1S/C37H50F4N4O/c1-5-19-44(20-9-10-25(4)6-2)34(18-15-26-13-14-26)28-16-17-31(38)32(22-28)43-36(46)35-23-30(37(39,40)41)33(7-3)45(35)29-12-8-11-27(21-29)24-42/h8,11-12,16-17,21-23,25-26,34H,5-7,9-10,13-15,18-20,24,42H2,1-4H3,(H,43,46). The molecular formula is C37H50F4N4O. The second-order valence-electron chi connectivity index (χ2n) is 12.9. The van der Waals surface area contributed by atoms with Crippen molar-refractivity contribution in [2.75, 3.05) is 18.4 Å². The first-order chi connectivity index (χ1) is 22.0. The topological polar surface area (TPSA) is 63.3 Å². The van der Waals surface area contributed by atoms with Crippen LogP contribution < -0.4 is 11.1 Å². The number of aromatic nitrogens is 1. The van der Waals surface area contributed by atoms with E-state index < -0.39 is 23.5 Å². The summed E-state index contributed by atoms with van der Waals surface area (Å²) in [7, 11) is 0. The van der Waals surface area contributed by atoms with E-state index in [1.54, 1.807) is 43.3 Å². The summed E-state index contributed by atoms with van der Waals surface area (Å²) in [5, 5.41) is 2.65. The van der Waals surface area contributed by atoms with E-state index in [1.165, 1.54) is 23.5 Å². The summed E-state index contributed by atoms with van der Waals surface area (Å²) in [6, 6.07) is 12.5. The average molecular weight is 643 g/mol. The third-order valence-corrected chi connectivity index (χ3v) is 9.34. The van der Waals surface area contributed by atoms with Gasteiger partial charge >= 0.3 is 6.18 Å². The number of alkyl halides is 3. The lowest BCUT2D eigenvalue weighted by Crippen LogP contribution is -2.31. The second-order valence-corrected chi connectivity index (χ2v) is 12.9. The van der Waals surface area contributed by atoms with Crippen LogP contribution in [-0.2, 0) is 19.1 Å². The molecule has 1 aliphatic carbocycles. The van der Waals surface area contributed by atoms with Gasteiger partial charge in [0.15, 0.2) is 0 Å². The first kappa shape index (κ1) is 35.7. The van der Waals surface area contributed by atoms with Crippen LogP contribution in [0.15, 0.2) is 48.5 Å². The highest BCUT2D eigenvalue weighted by atomic mass is 19.4. The van der Waals surface area contributed by atoms with E-state index in [4.69, 9.17) is 5.73 Å². The van der Waals surface area contributed by atoms with Gasteiger partial charge in [-0.05, 0) is 105 Å². The maximum atomic E-state index is 15.3. The summed E-state index contributed by atoms with van der Waals surface area (Å²) in [5.74, 6) is -0.0598. The van der Waals surface area contributed by atoms with Crippen LogP contribution >= 0.6 is 0 Å². The quantitative estimate of drug-likeness (QED) is 0.144. The molecule has 1 fully saturated rings. The molecule has 1 aliphatic rings. The Morgan fingerprint density at radius 3 is 2.46 bits per heavy atom. The van der Waals surface area contributed by atoms with Crippen molar-refractivity contribution in [3.63, 3.8) is 0 Å². The van der Waals surface area contributed by atoms with Gasteiger partial charge in [0.2, 0.25) is 0 Å². The van der Waals surface area contributed by atoms with Gasteiger partial charge in [0.1, 0.15) is 11.5 Å². The summed E-state index contributed by atoms with van der Waals surface area (Å²) in [5.41, 5.74) is 6.63. The summed E-state index contributed by atoms with van der Waals surface area (Å²) >= 11 is 0. The lowest BCUT2D eigenvalue weighted by atomic mass is 9.96. The Morgan fingerprint density at radius 1 is 1.07 bits per heavy atom. The fourth-order valence-corrected chi connectivity index (χ4v) is 6.38. The van der Waals surface area contributed by atoms with Crippen LogP contribution in [0.25, 0.3) is 5.69 Å². The molecule has 46 heavy (non-hydrogen) atoms. The van der Waals surface area contributed by atoms with Crippen LogP contribution in [0.5, 0.6) is 0 Å². The Balaban J connectivity index is 1.70. The second kappa shape index (κ2) is 16.1. The van der Waals surface area contributed by atoms with Gasteiger partial charge in [0.25, 0.3) is 5.91 Å². The molecule has 2 atom stereocenters. The molecule has 9 heteroatoms. The van der Waals surface area contributed by atoms with E-state index in [-0.39, 0.29) is 36.1 Å². The lowest BCUT2D eigenvalue weighted by molar-refractivity contribution is -0.138. The van der Waals surface area contributed by atoms with Crippen LogP contribution in [0.3, 0.4) is 0 Å². The molecule has 1 aromatic heterocycles. The molecule has 2 unspecified atom stereocenters. The van der Waals surface area contributed by atoms with Crippen LogP contribution in [-0.4, -0.2) is 28.5 Å². The molecule has 1 saturated carbocycles. The van der Waals surface area contributed by atoms with Crippen molar-refractivity contribution < 1.29 is 22.4 Å². The van der Waals surface area contributed by atoms with E-state index >= 15 is 4.39 Å². The zero-order valence-electron chi connectivity index (χ0n) is 27.7. The van der Waals surface area contributed by atoms with E-state index in [0.717, 1.165) is 69.2 Å². The normalized spacial score (nSPS) is 14.9. The van der Waals surface area contributed by atoms with Crippen molar-refractivity contribution in [2.24, 2.45) is 17.6 Å². The van der Waals surface area contributed by atoms with E-state index in [9.17, 15) is 18.0 Å². The van der Waals surface area contributed by atoms with Crippen LogP contribution in [0.4, 0.5) is 23.2 Å². The molecule has 1 heterocycles. The third kappa shape index (κ3) is 9.00. The summed E-state index contributed by atoms with van der Waals surface area (Å²) in [4.78, 5) is 16.3. The predicted octanol–water partition coefficient (Wildman–Crippen LogP) is 9.68. The van der Waals surface area contributed by atoms with Gasteiger partial charge < -0.3 is 15.6 Å². The fraction of sp³-hybridized carbons (Fsp3) is 0.541. The maximum Gasteiger partial charge on any atom is 0.418 e. The first-order valence-corrected chi connectivity index (χ1v) is 17.0. The minimum Gasteiger partial charge on any atom is -0.326 e. The molecule has 0 spiro atoms. The molecule has 0 radical (unpaired) electrons. The molecule has 3 N–H and O–H groups in total. The Hall–Kier alpha value is -3.17. The van der Waals surface area contributed by atoms with Crippen molar-refractivity contribution in [3.05, 3.63) is 82.4 Å². The largest absolute Gasteiger partial charge is 0.418 e. The minimum absolute atomic E-state index is 0.0335. The Labute approximate surface area is 271 Å². The SMILES string of the molecule is CCCN(CCCC(C)CC)C(CCC1CC1)c1ccc(F)c(NC(=O)c2cc(C(F)(F)F)c(CC)n2-c2cccc(CN)c2)c1. The number of hydrogen-bond acceptors (Lipinski definition) is 3. The molecular weight excluding hydrogens is 592 g/mol. The molecule has 3 aromatic rings. The highest BCUT2D eigenvalue weighted by Crippen LogP contribution is 2.39. The van der Waals surface area contributed by atoms with Crippen molar-refractivity contribution >= 4 is 11.6 Å². The maximum absolute atomic E-state index is 15.3. The Kier molecular flexibility index (Phi) is 12.5. The van der Waals surface area contributed by atoms with Crippen LogP contribution in [0, 0.1) is 17.7 Å². The number of rotatable bonds is 17. The highest BCUT2D eigenvalue weighted by molar-refractivity contribution is 6.04. The van der Waals surface area contributed by atoms with Gasteiger partial charge in [-0.25, -0.2) is 4.39 Å². The smallest absolute Gasteiger partial charge is 0.326 e. The van der Waals surface area contributed by atoms with Crippen molar-refractivity contribution in [1.82, 2.24) is 9.47 Å². The summed E-state index contributed by atoms with van der Waals surface area (Å²) in [6.45, 7) is 10.3. The van der Waals surface area contributed by atoms with Gasteiger partial charge in [0.05, 0.1) is 11.3 Å². The van der Waals surface area contributed by atoms with Gasteiger partial charge in [0, 0.05) is 24.0 Å². The number of nitrogens with two attached hydrogens (primary N) is 1. The van der Waals surface area contributed by atoms with Gasteiger partial charge in [-0.15, -0.1) is 0 Å². The summed E-state index contributed by atoms with van der Waals surface area (Å²) in [6.07, 6.45) is 4.21. The third-order valence-electron chi connectivity index (χ3n) is 9.34. The van der Waals surface area contributed by atoms with Crippen molar-refractivity contribution in [1.29, 1.82) is 0 Å². The molecule has 2 aromatic carbocycles. The van der Waals surface area contributed by atoms with Gasteiger partial charge in [-0.2, -0.15) is 13.2 Å². The minimum atomic E-state index is -4.67. The number of anilines is 1. The molecule has 4 rings (SSSR count).